The Labute approximate surface area is 128 Å². The van der Waals surface area contributed by atoms with E-state index in [-0.39, 0.29) is 23.2 Å². The van der Waals surface area contributed by atoms with Gasteiger partial charge in [-0.3, -0.25) is 9.78 Å². The number of carbonyl (C=O) groups excluding carboxylic acids is 1. The van der Waals surface area contributed by atoms with E-state index in [4.69, 9.17) is 14.6 Å². The maximum absolute atomic E-state index is 12.3. The molecular formula is C15H20N2O5. The molecule has 1 fully saturated rings. The second-order valence-corrected chi connectivity index (χ2v) is 5.22. The summed E-state index contributed by atoms with van der Waals surface area (Å²) in [6.07, 6.45) is 3.03. The molecule has 7 heteroatoms. The van der Waals surface area contributed by atoms with Gasteiger partial charge in [0.1, 0.15) is 5.69 Å². The first-order valence-electron chi connectivity index (χ1n) is 7.18. The van der Waals surface area contributed by atoms with E-state index in [0.717, 1.165) is 12.8 Å². The predicted molar refractivity (Wildman–Crippen MR) is 77.9 cm³/mol. The summed E-state index contributed by atoms with van der Waals surface area (Å²) in [5, 5.41) is 11.9. The summed E-state index contributed by atoms with van der Waals surface area (Å²) in [6, 6.07) is 2.48. The van der Waals surface area contributed by atoms with E-state index in [1.807, 2.05) is 0 Å². The Morgan fingerprint density at radius 1 is 1.50 bits per heavy atom. The Kier molecular flexibility index (Phi) is 5.85. The summed E-state index contributed by atoms with van der Waals surface area (Å²) in [6.45, 7) is 1.75. The van der Waals surface area contributed by atoms with Crippen LogP contribution in [0.4, 0.5) is 0 Å². The highest BCUT2D eigenvalue weighted by molar-refractivity contribution is 5.95. The van der Waals surface area contributed by atoms with Crippen LogP contribution in [-0.2, 0) is 9.47 Å². The number of carboxylic acid groups (broad SMARTS) is 1. The first kappa shape index (κ1) is 16.4. The molecule has 0 saturated carbocycles. The molecule has 0 bridgehead atoms. The summed E-state index contributed by atoms with van der Waals surface area (Å²) in [4.78, 5) is 27.2. The minimum atomic E-state index is -1.09. The van der Waals surface area contributed by atoms with Gasteiger partial charge in [0.2, 0.25) is 0 Å². The molecule has 1 aliphatic rings. The second-order valence-electron chi connectivity index (χ2n) is 5.22. The van der Waals surface area contributed by atoms with E-state index in [1.54, 1.807) is 7.11 Å². The Balaban J connectivity index is 2.06. The molecule has 2 rings (SSSR count). The van der Waals surface area contributed by atoms with E-state index >= 15 is 0 Å². The van der Waals surface area contributed by atoms with Gasteiger partial charge in [0.25, 0.3) is 5.91 Å². The molecule has 120 valence electrons. The van der Waals surface area contributed by atoms with Crippen LogP contribution < -0.4 is 5.32 Å². The molecule has 2 N–H and O–H groups in total. The zero-order valence-corrected chi connectivity index (χ0v) is 12.4. The van der Waals surface area contributed by atoms with Crippen molar-refractivity contribution in [2.24, 2.45) is 5.92 Å². The highest BCUT2D eigenvalue weighted by Gasteiger charge is 2.26. The van der Waals surface area contributed by atoms with Crippen molar-refractivity contribution < 1.29 is 24.2 Å². The van der Waals surface area contributed by atoms with Crippen molar-refractivity contribution in [1.82, 2.24) is 10.3 Å². The number of carboxylic acids is 1. The molecule has 1 aromatic rings. The maximum atomic E-state index is 12.3. The molecule has 1 aromatic heterocycles. The molecule has 0 spiro atoms. The smallest absolute Gasteiger partial charge is 0.335 e. The number of hydrogen-bond acceptors (Lipinski definition) is 5. The Morgan fingerprint density at radius 3 is 2.86 bits per heavy atom. The van der Waals surface area contributed by atoms with Crippen molar-refractivity contribution in [3.8, 4) is 0 Å². The fourth-order valence-electron chi connectivity index (χ4n) is 2.52. The van der Waals surface area contributed by atoms with Crippen molar-refractivity contribution in [3.63, 3.8) is 0 Å². The van der Waals surface area contributed by atoms with E-state index in [2.05, 4.69) is 10.3 Å². The van der Waals surface area contributed by atoms with Crippen LogP contribution in [0, 0.1) is 5.92 Å². The van der Waals surface area contributed by atoms with Crippen LogP contribution in [0.25, 0.3) is 0 Å². The fourth-order valence-corrected chi connectivity index (χ4v) is 2.52. The molecule has 0 aliphatic carbocycles. The zero-order valence-electron chi connectivity index (χ0n) is 12.4. The summed E-state index contributed by atoms with van der Waals surface area (Å²) >= 11 is 0. The highest BCUT2D eigenvalue weighted by Crippen LogP contribution is 2.19. The van der Waals surface area contributed by atoms with Crippen LogP contribution in [0.3, 0.4) is 0 Å². The largest absolute Gasteiger partial charge is 0.478 e. The Hall–Kier alpha value is -1.99. The van der Waals surface area contributed by atoms with Gasteiger partial charge in [-0.05, 0) is 30.9 Å². The molecule has 1 amide bonds. The molecule has 2 heterocycles. The van der Waals surface area contributed by atoms with Crippen molar-refractivity contribution in [2.45, 2.75) is 18.9 Å². The van der Waals surface area contributed by atoms with Crippen LogP contribution in [0.15, 0.2) is 18.3 Å². The SMILES string of the molecule is COCC(NC(=O)c1cc(C(=O)O)ccn1)C1CCOCC1. The van der Waals surface area contributed by atoms with Crippen molar-refractivity contribution in [2.75, 3.05) is 26.9 Å². The van der Waals surface area contributed by atoms with Gasteiger partial charge in [0.15, 0.2) is 0 Å². The van der Waals surface area contributed by atoms with Crippen LogP contribution in [0.5, 0.6) is 0 Å². The third kappa shape index (κ3) is 4.25. The maximum Gasteiger partial charge on any atom is 0.335 e. The number of carbonyl (C=O) groups is 2. The molecule has 1 unspecified atom stereocenters. The van der Waals surface area contributed by atoms with Crippen molar-refractivity contribution in [1.29, 1.82) is 0 Å². The number of nitrogens with zero attached hydrogens (tertiary/aromatic N) is 1. The quantitative estimate of drug-likeness (QED) is 0.812. The van der Waals surface area contributed by atoms with Gasteiger partial charge in [-0.2, -0.15) is 0 Å². The number of rotatable bonds is 6. The zero-order chi connectivity index (χ0) is 15.9. The summed E-state index contributed by atoms with van der Waals surface area (Å²) in [7, 11) is 1.59. The van der Waals surface area contributed by atoms with Gasteiger partial charge in [0.05, 0.1) is 18.2 Å². The lowest BCUT2D eigenvalue weighted by molar-refractivity contribution is 0.0360. The minimum Gasteiger partial charge on any atom is -0.478 e. The van der Waals surface area contributed by atoms with Crippen LogP contribution in [0.1, 0.15) is 33.7 Å². The topological polar surface area (TPSA) is 97.8 Å². The molecule has 7 nitrogen and oxygen atoms in total. The van der Waals surface area contributed by atoms with Gasteiger partial charge in [0, 0.05) is 26.5 Å². The normalized spacial score (nSPS) is 17.0. The third-order valence-corrected chi connectivity index (χ3v) is 3.74. The molecule has 1 atom stereocenters. The average molecular weight is 308 g/mol. The summed E-state index contributed by atoms with van der Waals surface area (Å²) in [5.74, 6) is -1.20. The third-order valence-electron chi connectivity index (χ3n) is 3.74. The minimum absolute atomic E-state index is 0.0366. The first-order chi connectivity index (χ1) is 10.6. The lowest BCUT2D eigenvalue weighted by atomic mass is 9.92. The van der Waals surface area contributed by atoms with E-state index in [1.165, 1.54) is 18.3 Å². The molecule has 1 saturated heterocycles. The number of ether oxygens (including phenoxy) is 2. The van der Waals surface area contributed by atoms with Gasteiger partial charge in [-0.1, -0.05) is 0 Å². The average Bonchev–Trinajstić information content (AvgIpc) is 2.55. The first-order valence-corrected chi connectivity index (χ1v) is 7.18. The van der Waals surface area contributed by atoms with E-state index in [9.17, 15) is 9.59 Å². The van der Waals surface area contributed by atoms with Crippen molar-refractivity contribution in [3.05, 3.63) is 29.6 Å². The number of pyridine rings is 1. The number of methoxy groups -OCH3 is 1. The number of hydrogen-bond donors (Lipinski definition) is 2. The standard InChI is InChI=1S/C15H20N2O5/c1-21-9-13(10-3-6-22-7-4-10)17-14(18)12-8-11(15(19)20)2-5-16-12/h2,5,8,10,13H,3-4,6-7,9H2,1H3,(H,17,18)(H,19,20). The van der Waals surface area contributed by atoms with E-state index in [0.29, 0.717) is 19.8 Å². The molecule has 22 heavy (non-hydrogen) atoms. The van der Waals surface area contributed by atoms with Gasteiger partial charge in [-0.15, -0.1) is 0 Å². The number of aromatic carboxylic acids is 1. The summed E-state index contributed by atoms with van der Waals surface area (Å²) < 4.78 is 10.5. The monoisotopic (exact) mass is 308 g/mol. The molecule has 0 radical (unpaired) electrons. The Morgan fingerprint density at radius 2 is 2.23 bits per heavy atom. The van der Waals surface area contributed by atoms with Crippen LogP contribution in [-0.4, -0.2) is 54.9 Å². The summed E-state index contributed by atoms with van der Waals surface area (Å²) in [5.41, 5.74) is 0.127. The fraction of sp³-hybridized carbons (Fsp3) is 0.533. The van der Waals surface area contributed by atoms with Gasteiger partial charge in [-0.25, -0.2) is 4.79 Å². The number of aromatic nitrogens is 1. The number of nitrogens with one attached hydrogen (secondary N) is 1. The molecular weight excluding hydrogens is 288 g/mol. The Bertz CT molecular complexity index is 528. The number of amides is 1. The lowest BCUT2D eigenvalue weighted by Gasteiger charge is -2.30. The van der Waals surface area contributed by atoms with Crippen molar-refractivity contribution >= 4 is 11.9 Å². The highest BCUT2D eigenvalue weighted by atomic mass is 16.5. The lowest BCUT2D eigenvalue weighted by Crippen LogP contribution is -2.45. The van der Waals surface area contributed by atoms with Crippen LogP contribution >= 0.6 is 0 Å². The van der Waals surface area contributed by atoms with Gasteiger partial charge < -0.3 is 19.9 Å². The molecule has 1 aliphatic heterocycles. The van der Waals surface area contributed by atoms with Gasteiger partial charge >= 0.3 is 5.97 Å². The van der Waals surface area contributed by atoms with Crippen LogP contribution in [0.2, 0.25) is 0 Å². The predicted octanol–water partition coefficient (Wildman–Crippen LogP) is 0.951. The second kappa shape index (κ2) is 7.86. The molecule has 0 aromatic carbocycles. The van der Waals surface area contributed by atoms with E-state index < -0.39 is 11.9 Å².